The quantitative estimate of drug-likeness (QED) is 0.821. The molecule has 6 nitrogen and oxygen atoms in total. The van der Waals surface area contributed by atoms with Crippen molar-refractivity contribution in [2.45, 2.75) is 25.8 Å². The Kier molecular flexibility index (Phi) is 2.66. The highest BCUT2D eigenvalue weighted by atomic mass is 16.5. The normalized spacial score (nSPS) is 11.7. The van der Waals surface area contributed by atoms with Crippen LogP contribution in [0, 0.1) is 0 Å². The van der Waals surface area contributed by atoms with E-state index in [0.717, 1.165) is 0 Å². The van der Waals surface area contributed by atoms with E-state index < -0.39 is 0 Å². The second kappa shape index (κ2) is 3.97. The average Bonchev–Trinajstić information content (AvgIpc) is 2.65. The molecule has 0 saturated carbocycles. The Morgan fingerprint density at radius 2 is 2.25 bits per heavy atom. The lowest BCUT2D eigenvalue weighted by Gasteiger charge is -2.14. The highest BCUT2D eigenvalue weighted by Gasteiger charge is 2.17. The predicted octanol–water partition coefficient (Wildman–Crippen LogP) is 0.806. The first-order valence-corrected chi connectivity index (χ1v) is 4.92. The van der Waals surface area contributed by atoms with Crippen LogP contribution in [-0.2, 0) is 6.42 Å². The van der Waals surface area contributed by atoms with E-state index in [4.69, 9.17) is 10.3 Å². The van der Waals surface area contributed by atoms with Crippen molar-refractivity contribution in [3.05, 3.63) is 24.5 Å². The van der Waals surface area contributed by atoms with E-state index in [1.54, 1.807) is 12.3 Å². The van der Waals surface area contributed by atoms with Gasteiger partial charge in [0.15, 0.2) is 0 Å². The number of aromatic nitrogens is 4. The number of nitrogens with two attached hydrogens (primary N) is 1. The summed E-state index contributed by atoms with van der Waals surface area (Å²) in [4.78, 5) is 12.1. The zero-order chi connectivity index (χ0) is 11.6. The summed E-state index contributed by atoms with van der Waals surface area (Å²) in [6.45, 7) is 3.81. The Bertz CT molecular complexity index is 460. The molecule has 0 fully saturated rings. The molecule has 2 heterocycles. The largest absolute Gasteiger partial charge is 0.339 e. The number of hydrogen-bond donors (Lipinski definition) is 1. The van der Waals surface area contributed by atoms with Gasteiger partial charge in [-0.25, -0.2) is 9.97 Å². The number of nitrogens with zero attached hydrogens (tertiary/aromatic N) is 4. The van der Waals surface area contributed by atoms with Crippen molar-refractivity contribution in [1.29, 1.82) is 0 Å². The van der Waals surface area contributed by atoms with Gasteiger partial charge in [0.25, 0.3) is 0 Å². The van der Waals surface area contributed by atoms with E-state index in [9.17, 15) is 0 Å². The molecule has 2 aromatic heterocycles. The Balaban J connectivity index is 2.21. The fraction of sp³-hybridized carbons (Fsp3) is 0.400. The molecule has 0 aliphatic carbocycles. The molecule has 0 aliphatic rings. The number of rotatable bonds is 3. The van der Waals surface area contributed by atoms with Crippen LogP contribution in [0.25, 0.3) is 11.5 Å². The molecule has 2 N–H and O–H groups in total. The van der Waals surface area contributed by atoms with Crippen LogP contribution in [0.15, 0.2) is 23.1 Å². The molecule has 0 atom stereocenters. The lowest BCUT2D eigenvalue weighted by Crippen LogP contribution is -2.34. The summed E-state index contributed by atoms with van der Waals surface area (Å²) in [5.74, 6) is 0.975. The molecule has 0 amide bonds. The summed E-state index contributed by atoms with van der Waals surface area (Å²) in [5.41, 5.74) is 6.14. The summed E-state index contributed by atoms with van der Waals surface area (Å²) >= 11 is 0. The standard InChI is InChI=1S/C10H13N5O/c1-10(2,11)5-8-14-9(15-16-8)7-3-4-12-6-13-7/h3-4,6H,5,11H2,1-2H3. The van der Waals surface area contributed by atoms with Gasteiger partial charge < -0.3 is 10.3 Å². The van der Waals surface area contributed by atoms with Crippen molar-refractivity contribution in [1.82, 2.24) is 20.1 Å². The van der Waals surface area contributed by atoms with Gasteiger partial charge in [0.1, 0.15) is 12.0 Å². The molecular weight excluding hydrogens is 206 g/mol. The molecule has 2 aromatic rings. The number of hydrogen-bond acceptors (Lipinski definition) is 6. The lowest BCUT2D eigenvalue weighted by atomic mass is 10.0. The SMILES string of the molecule is CC(C)(N)Cc1nc(-c2ccncn2)no1. The zero-order valence-electron chi connectivity index (χ0n) is 9.21. The highest BCUT2D eigenvalue weighted by Crippen LogP contribution is 2.14. The summed E-state index contributed by atoms with van der Waals surface area (Å²) in [7, 11) is 0. The third kappa shape index (κ3) is 2.60. The van der Waals surface area contributed by atoms with Gasteiger partial charge in [-0.05, 0) is 19.9 Å². The summed E-state index contributed by atoms with van der Waals surface area (Å²) in [6, 6.07) is 1.72. The molecule has 0 saturated heterocycles. The third-order valence-electron chi connectivity index (χ3n) is 1.89. The summed E-state index contributed by atoms with van der Waals surface area (Å²) in [5, 5.41) is 3.84. The fourth-order valence-corrected chi connectivity index (χ4v) is 1.24. The smallest absolute Gasteiger partial charge is 0.228 e. The fourth-order valence-electron chi connectivity index (χ4n) is 1.24. The third-order valence-corrected chi connectivity index (χ3v) is 1.89. The zero-order valence-corrected chi connectivity index (χ0v) is 9.21. The Labute approximate surface area is 92.9 Å². The Morgan fingerprint density at radius 3 is 2.88 bits per heavy atom. The first kappa shape index (κ1) is 10.7. The second-order valence-corrected chi connectivity index (χ2v) is 4.27. The van der Waals surface area contributed by atoms with Crippen LogP contribution < -0.4 is 5.73 Å². The van der Waals surface area contributed by atoms with Crippen LogP contribution in [0.4, 0.5) is 0 Å². The maximum atomic E-state index is 5.86. The minimum atomic E-state index is -0.366. The van der Waals surface area contributed by atoms with Crippen molar-refractivity contribution >= 4 is 0 Å². The van der Waals surface area contributed by atoms with Gasteiger partial charge in [-0.3, -0.25) is 0 Å². The van der Waals surface area contributed by atoms with Gasteiger partial charge in [0.05, 0.1) is 0 Å². The van der Waals surface area contributed by atoms with Gasteiger partial charge in [-0.2, -0.15) is 4.98 Å². The van der Waals surface area contributed by atoms with Crippen molar-refractivity contribution < 1.29 is 4.52 Å². The minimum Gasteiger partial charge on any atom is -0.339 e. The Hall–Kier alpha value is -1.82. The van der Waals surface area contributed by atoms with Crippen molar-refractivity contribution in [3.63, 3.8) is 0 Å². The molecule has 0 spiro atoms. The van der Waals surface area contributed by atoms with Gasteiger partial charge in [-0.1, -0.05) is 5.16 Å². The molecule has 0 aromatic carbocycles. The molecular formula is C10H13N5O. The topological polar surface area (TPSA) is 90.7 Å². The average molecular weight is 219 g/mol. The van der Waals surface area contributed by atoms with Crippen LogP contribution in [0.3, 0.4) is 0 Å². The second-order valence-electron chi connectivity index (χ2n) is 4.27. The van der Waals surface area contributed by atoms with E-state index >= 15 is 0 Å². The molecule has 6 heteroatoms. The lowest BCUT2D eigenvalue weighted by molar-refractivity contribution is 0.348. The molecule has 0 unspecified atom stereocenters. The summed E-state index contributed by atoms with van der Waals surface area (Å²) in [6.07, 6.45) is 3.61. The molecule has 0 radical (unpaired) electrons. The molecule has 16 heavy (non-hydrogen) atoms. The highest BCUT2D eigenvalue weighted by molar-refractivity contribution is 5.46. The first-order valence-electron chi connectivity index (χ1n) is 4.92. The van der Waals surface area contributed by atoms with Gasteiger partial charge in [0, 0.05) is 18.2 Å². The van der Waals surface area contributed by atoms with Gasteiger partial charge >= 0.3 is 0 Å². The predicted molar refractivity (Wildman–Crippen MR) is 57.3 cm³/mol. The van der Waals surface area contributed by atoms with Crippen LogP contribution in [0.2, 0.25) is 0 Å². The van der Waals surface area contributed by atoms with Crippen LogP contribution in [-0.4, -0.2) is 25.6 Å². The van der Waals surface area contributed by atoms with E-state index in [1.807, 2.05) is 13.8 Å². The van der Waals surface area contributed by atoms with Crippen molar-refractivity contribution in [3.8, 4) is 11.5 Å². The minimum absolute atomic E-state index is 0.366. The van der Waals surface area contributed by atoms with E-state index in [2.05, 4.69) is 20.1 Å². The van der Waals surface area contributed by atoms with E-state index in [0.29, 0.717) is 23.8 Å². The van der Waals surface area contributed by atoms with Crippen molar-refractivity contribution in [2.75, 3.05) is 0 Å². The molecule has 0 aliphatic heterocycles. The van der Waals surface area contributed by atoms with Gasteiger partial charge in [0.2, 0.25) is 11.7 Å². The van der Waals surface area contributed by atoms with E-state index in [-0.39, 0.29) is 5.54 Å². The molecule has 2 rings (SSSR count). The van der Waals surface area contributed by atoms with Crippen LogP contribution in [0.1, 0.15) is 19.7 Å². The Morgan fingerprint density at radius 1 is 1.44 bits per heavy atom. The van der Waals surface area contributed by atoms with Crippen molar-refractivity contribution in [2.24, 2.45) is 5.73 Å². The maximum absolute atomic E-state index is 5.86. The first-order chi connectivity index (χ1) is 7.54. The maximum Gasteiger partial charge on any atom is 0.228 e. The van der Waals surface area contributed by atoms with Crippen LogP contribution in [0.5, 0.6) is 0 Å². The van der Waals surface area contributed by atoms with Gasteiger partial charge in [-0.15, -0.1) is 0 Å². The molecule has 0 bridgehead atoms. The molecule has 84 valence electrons. The van der Waals surface area contributed by atoms with Crippen LogP contribution >= 0.6 is 0 Å². The monoisotopic (exact) mass is 219 g/mol. The van der Waals surface area contributed by atoms with E-state index in [1.165, 1.54) is 6.33 Å². The summed E-state index contributed by atoms with van der Waals surface area (Å²) < 4.78 is 5.09.